The van der Waals surface area contributed by atoms with Crippen molar-refractivity contribution in [3.8, 4) is 17.2 Å². The number of aryl methyl sites for hydroxylation is 1. The van der Waals surface area contributed by atoms with Crippen LogP contribution in [-0.4, -0.2) is 41.4 Å². The third kappa shape index (κ3) is 9.11. The fraction of sp³-hybridized carbons (Fsp3) is 0.471. The maximum absolute atomic E-state index is 13.6. The van der Waals surface area contributed by atoms with Crippen LogP contribution in [0.2, 0.25) is 0 Å². The van der Waals surface area contributed by atoms with Crippen molar-refractivity contribution in [2.45, 2.75) is 66.2 Å². The Morgan fingerprint density at radius 3 is 2.51 bits per heavy atom. The van der Waals surface area contributed by atoms with Gasteiger partial charge in [-0.1, -0.05) is 40.7 Å². The fourth-order valence-electron chi connectivity index (χ4n) is 5.10. The summed E-state index contributed by atoms with van der Waals surface area (Å²) >= 11 is -1.30. The van der Waals surface area contributed by atoms with Crippen molar-refractivity contribution in [2.24, 2.45) is 11.8 Å². The molecule has 2 aromatic carbocycles. The molecule has 4 rings (SSSR count). The zero-order valence-corrected chi connectivity index (χ0v) is 27.3. The molecule has 1 unspecified atom stereocenters. The van der Waals surface area contributed by atoms with Crippen LogP contribution in [0.4, 0.5) is 11.4 Å². The summed E-state index contributed by atoms with van der Waals surface area (Å²) in [7, 11) is 1.55. The zero-order chi connectivity index (χ0) is 31.1. The minimum atomic E-state index is -1.30. The molecule has 43 heavy (non-hydrogen) atoms. The van der Waals surface area contributed by atoms with E-state index in [0.29, 0.717) is 45.9 Å². The second-order valence-corrected chi connectivity index (χ2v) is 14.0. The maximum atomic E-state index is 13.6. The lowest BCUT2D eigenvalue weighted by Crippen LogP contribution is -2.28. The van der Waals surface area contributed by atoms with Crippen molar-refractivity contribution in [1.29, 1.82) is 0 Å². The van der Waals surface area contributed by atoms with Gasteiger partial charge in [-0.05, 0) is 92.1 Å². The third-order valence-electron chi connectivity index (χ3n) is 7.54. The molecule has 1 fully saturated rings. The number of anilines is 2. The van der Waals surface area contributed by atoms with Gasteiger partial charge in [0.1, 0.15) is 22.9 Å². The van der Waals surface area contributed by atoms with Gasteiger partial charge >= 0.3 is 0 Å². The molecule has 1 amide bonds. The number of nitrogens with zero attached hydrogens (tertiary/aromatic N) is 1. The Balaban J connectivity index is 1.56. The number of ether oxygens (including phenoxy) is 2. The number of amides is 1. The van der Waals surface area contributed by atoms with Crippen LogP contribution in [-0.2, 0) is 23.2 Å². The number of piperidine rings is 1. The summed E-state index contributed by atoms with van der Waals surface area (Å²) < 4.78 is 27.9. The SMILES string of the molecule is COc1c(NC(=O)c2ccc(C)c(Oc3ccnc(CC4CCNCC4)c3)c2)cc(C(C)(C)C)cc1N[S+]([O-])CC(C)C. The van der Waals surface area contributed by atoms with Gasteiger partial charge in [-0.15, -0.1) is 0 Å². The lowest BCUT2D eigenvalue weighted by molar-refractivity contribution is 0.102. The fourth-order valence-corrected chi connectivity index (χ4v) is 6.19. The molecule has 0 aliphatic carbocycles. The summed E-state index contributed by atoms with van der Waals surface area (Å²) in [6, 6.07) is 13.1. The Bertz CT molecular complexity index is 1400. The lowest BCUT2D eigenvalue weighted by atomic mass is 9.86. The van der Waals surface area contributed by atoms with E-state index in [1.54, 1.807) is 25.4 Å². The molecular weight excluding hydrogens is 560 g/mol. The Morgan fingerprint density at radius 2 is 1.84 bits per heavy atom. The van der Waals surface area contributed by atoms with Gasteiger partial charge < -0.3 is 24.7 Å². The van der Waals surface area contributed by atoms with E-state index < -0.39 is 11.4 Å². The normalized spacial score (nSPS) is 14.8. The molecule has 1 atom stereocenters. The quantitative estimate of drug-likeness (QED) is 0.202. The Kier molecular flexibility index (Phi) is 11.0. The molecule has 1 aromatic heterocycles. The molecule has 0 saturated carbocycles. The highest BCUT2D eigenvalue weighted by atomic mass is 32.2. The van der Waals surface area contributed by atoms with Crippen LogP contribution >= 0.6 is 0 Å². The van der Waals surface area contributed by atoms with Crippen molar-refractivity contribution in [2.75, 3.05) is 36.0 Å². The molecular formula is C34H46N4O4S. The van der Waals surface area contributed by atoms with Crippen LogP contribution in [0.25, 0.3) is 0 Å². The predicted molar refractivity (Wildman–Crippen MR) is 176 cm³/mol. The standard InChI is InChI=1S/C34H46N4O4S/c1-22(2)21-43(40)38-30-19-26(34(4,5)6)18-29(32(30)41-7)37-33(39)25-9-8-23(3)31(17-25)42-28-12-15-36-27(20-28)16-24-10-13-35-14-11-24/h8-9,12,15,17-20,22,24,35,38H,10-11,13-14,16,21H2,1-7H3,(H,37,39). The van der Waals surface area contributed by atoms with Crippen LogP contribution in [0.1, 0.15) is 74.6 Å². The molecule has 9 heteroatoms. The van der Waals surface area contributed by atoms with Crippen LogP contribution < -0.4 is 24.8 Å². The molecule has 3 aromatic rings. The number of carbonyl (C=O) groups is 1. The highest BCUT2D eigenvalue weighted by molar-refractivity contribution is 7.92. The number of carbonyl (C=O) groups excluding carboxylic acids is 1. The molecule has 0 radical (unpaired) electrons. The van der Waals surface area contributed by atoms with Gasteiger partial charge in [0.05, 0.1) is 24.2 Å². The highest BCUT2D eigenvalue weighted by Gasteiger charge is 2.24. The maximum Gasteiger partial charge on any atom is 0.255 e. The van der Waals surface area contributed by atoms with Crippen LogP contribution in [0.15, 0.2) is 48.7 Å². The molecule has 1 saturated heterocycles. The van der Waals surface area contributed by atoms with Gasteiger partial charge in [0.2, 0.25) is 0 Å². The Morgan fingerprint density at radius 1 is 1.12 bits per heavy atom. The van der Waals surface area contributed by atoms with Crippen molar-refractivity contribution in [3.05, 3.63) is 71.0 Å². The minimum Gasteiger partial charge on any atom is -0.593 e. The summed E-state index contributed by atoms with van der Waals surface area (Å²) in [5.41, 5.74) is 4.22. The number of rotatable bonds is 11. The first kappa shape index (κ1) is 32.6. The summed E-state index contributed by atoms with van der Waals surface area (Å²) in [5.74, 6) is 2.81. The first-order valence-corrected chi connectivity index (χ1v) is 16.4. The van der Waals surface area contributed by atoms with E-state index in [2.05, 4.69) is 41.1 Å². The van der Waals surface area contributed by atoms with Crippen molar-refractivity contribution in [1.82, 2.24) is 10.3 Å². The van der Waals surface area contributed by atoms with E-state index in [-0.39, 0.29) is 17.2 Å². The molecule has 1 aliphatic rings. The number of hydrogen-bond donors (Lipinski definition) is 3. The number of aromatic nitrogens is 1. The molecule has 3 N–H and O–H groups in total. The van der Waals surface area contributed by atoms with Crippen molar-refractivity contribution >= 4 is 28.6 Å². The predicted octanol–water partition coefficient (Wildman–Crippen LogP) is 7.01. The van der Waals surface area contributed by atoms with Gasteiger partial charge in [-0.2, -0.15) is 0 Å². The van der Waals surface area contributed by atoms with Gasteiger partial charge in [0, 0.05) is 29.4 Å². The lowest BCUT2D eigenvalue weighted by Gasteiger charge is -2.24. The van der Waals surface area contributed by atoms with Crippen LogP contribution in [0.3, 0.4) is 0 Å². The van der Waals surface area contributed by atoms with Crippen molar-refractivity contribution < 1.29 is 18.8 Å². The third-order valence-corrected chi connectivity index (χ3v) is 8.96. The summed E-state index contributed by atoms with van der Waals surface area (Å²) in [6.45, 7) is 14.4. The Labute approximate surface area is 259 Å². The van der Waals surface area contributed by atoms with E-state index in [1.165, 1.54) is 0 Å². The summed E-state index contributed by atoms with van der Waals surface area (Å²) in [4.78, 5) is 18.2. The highest BCUT2D eigenvalue weighted by Crippen LogP contribution is 2.39. The monoisotopic (exact) mass is 606 g/mol. The first-order chi connectivity index (χ1) is 20.4. The molecule has 2 heterocycles. The van der Waals surface area contributed by atoms with E-state index in [1.807, 2.05) is 51.1 Å². The Hall–Kier alpha value is -3.27. The average Bonchev–Trinajstić information content (AvgIpc) is 2.94. The van der Waals surface area contributed by atoms with Gasteiger partial charge in [-0.3, -0.25) is 9.78 Å². The van der Waals surface area contributed by atoms with E-state index in [9.17, 15) is 9.35 Å². The molecule has 232 valence electrons. The largest absolute Gasteiger partial charge is 0.593 e. The zero-order valence-electron chi connectivity index (χ0n) is 26.5. The number of benzene rings is 2. The molecule has 0 spiro atoms. The number of pyridine rings is 1. The van der Waals surface area contributed by atoms with Gasteiger partial charge in [-0.25, -0.2) is 4.72 Å². The first-order valence-electron chi connectivity index (χ1n) is 15.1. The van der Waals surface area contributed by atoms with Crippen molar-refractivity contribution in [3.63, 3.8) is 0 Å². The number of methoxy groups -OCH3 is 1. The van der Waals surface area contributed by atoms with Gasteiger partial charge in [0.25, 0.3) is 5.91 Å². The van der Waals surface area contributed by atoms with E-state index in [4.69, 9.17) is 9.47 Å². The summed E-state index contributed by atoms with van der Waals surface area (Å²) in [5, 5.41) is 6.45. The van der Waals surface area contributed by atoms with E-state index in [0.717, 1.165) is 49.2 Å². The number of hydrogen-bond acceptors (Lipinski definition) is 7. The average molecular weight is 607 g/mol. The van der Waals surface area contributed by atoms with E-state index >= 15 is 0 Å². The van der Waals surface area contributed by atoms with Crippen LogP contribution in [0.5, 0.6) is 17.2 Å². The topological polar surface area (TPSA) is 108 Å². The summed E-state index contributed by atoms with van der Waals surface area (Å²) in [6.07, 6.45) is 5.02. The molecule has 8 nitrogen and oxygen atoms in total. The van der Waals surface area contributed by atoms with Crippen LogP contribution in [0, 0.1) is 18.8 Å². The molecule has 1 aliphatic heterocycles. The van der Waals surface area contributed by atoms with Gasteiger partial charge in [0.15, 0.2) is 5.75 Å². The second-order valence-electron chi connectivity index (χ2n) is 12.8. The molecule has 0 bridgehead atoms. The second kappa shape index (κ2) is 14.5. The minimum absolute atomic E-state index is 0.218. The number of nitrogens with one attached hydrogen (secondary N) is 3. The smallest absolute Gasteiger partial charge is 0.255 e.